The van der Waals surface area contributed by atoms with Crippen molar-refractivity contribution in [1.82, 2.24) is 10.2 Å². The lowest BCUT2D eigenvalue weighted by Crippen LogP contribution is -2.14. The van der Waals surface area contributed by atoms with Crippen LogP contribution in [0.2, 0.25) is 0 Å². The molecule has 0 unspecified atom stereocenters. The van der Waals surface area contributed by atoms with Crippen molar-refractivity contribution in [3.63, 3.8) is 0 Å². The Morgan fingerprint density at radius 2 is 1.92 bits per heavy atom. The molecule has 0 fully saturated rings. The smallest absolute Gasteiger partial charge is 0.291 e. The number of furan rings is 1. The number of carbonyl (C=O) groups is 2. The van der Waals surface area contributed by atoms with Gasteiger partial charge in [-0.3, -0.25) is 9.59 Å². The van der Waals surface area contributed by atoms with Gasteiger partial charge >= 0.3 is 0 Å². The first kappa shape index (κ1) is 16.3. The van der Waals surface area contributed by atoms with E-state index < -0.39 is 0 Å². The van der Waals surface area contributed by atoms with Crippen LogP contribution in [-0.4, -0.2) is 22.0 Å². The summed E-state index contributed by atoms with van der Waals surface area (Å²) in [6, 6.07) is 10.2. The fourth-order valence-electron chi connectivity index (χ4n) is 1.91. The molecule has 0 bridgehead atoms. The topological polar surface area (TPSA) is 97.1 Å². The van der Waals surface area contributed by atoms with Gasteiger partial charge in [0.25, 0.3) is 5.91 Å². The number of anilines is 2. The molecule has 0 spiro atoms. The second-order valence-electron chi connectivity index (χ2n) is 4.72. The van der Waals surface area contributed by atoms with E-state index in [0.717, 1.165) is 5.56 Å². The van der Waals surface area contributed by atoms with E-state index in [1.807, 2.05) is 0 Å². The van der Waals surface area contributed by atoms with Gasteiger partial charge in [0, 0.05) is 5.69 Å². The van der Waals surface area contributed by atoms with E-state index in [4.69, 9.17) is 4.42 Å². The van der Waals surface area contributed by atoms with E-state index in [1.165, 1.54) is 11.3 Å². The summed E-state index contributed by atoms with van der Waals surface area (Å²) in [7, 11) is 0. The summed E-state index contributed by atoms with van der Waals surface area (Å²) in [4.78, 5) is 23.8. The average Bonchev–Trinajstić information content (AvgIpc) is 3.21. The molecular formula is C15H11BrN4O3S. The van der Waals surface area contributed by atoms with Crippen molar-refractivity contribution in [2.24, 2.45) is 0 Å². The Hall–Kier alpha value is -2.52. The summed E-state index contributed by atoms with van der Waals surface area (Å²) in [5, 5.41) is 13.2. The zero-order chi connectivity index (χ0) is 16.9. The second kappa shape index (κ2) is 7.37. The Morgan fingerprint density at radius 3 is 2.54 bits per heavy atom. The predicted molar refractivity (Wildman–Crippen MR) is 93.0 cm³/mol. The standard InChI is InChI=1S/C15H11BrN4O3S/c16-12-6-5-11(23-12)14(22)18-10-3-1-9(2-4-10)7-13(21)19-15-20-17-8-24-15/h1-6,8H,7H2,(H,18,22)(H,19,20,21). The Bertz CT molecular complexity index is 846. The van der Waals surface area contributed by atoms with Crippen LogP contribution in [0.5, 0.6) is 0 Å². The third-order valence-electron chi connectivity index (χ3n) is 2.98. The summed E-state index contributed by atoms with van der Waals surface area (Å²) < 4.78 is 5.68. The van der Waals surface area contributed by atoms with Crippen LogP contribution < -0.4 is 10.6 Å². The Balaban J connectivity index is 1.57. The summed E-state index contributed by atoms with van der Waals surface area (Å²) in [6.07, 6.45) is 0.207. The van der Waals surface area contributed by atoms with Crippen LogP contribution in [0.4, 0.5) is 10.8 Å². The lowest BCUT2D eigenvalue weighted by molar-refractivity contribution is -0.115. The minimum absolute atomic E-state index is 0.177. The number of rotatable bonds is 5. The summed E-state index contributed by atoms with van der Waals surface area (Å²) >= 11 is 4.40. The number of hydrogen-bond donors (Lipinski definition) is 2. The van der Waals surface area contributed by atoms with Crippen LogP contribution in [0.25, 0.3) is 0 Å². The van der Waals surface area contributed by atoms with Crippen molar-refractivity contribution in [2.45, 2.75) is 6.42 Å². The fraction of sp³-hybridized carbons (Fsp3) is 0.0667. The highest BCUT2D eigenvalue weighted by Crippen LogP contribution is 2.17. The monoisotopic (exact) mass is 406 g/mol. The highest BCUT2D eigenvalue weighted by molar-refractivity contribution is 9.10. The molecule has 2 N–H and O–H groups in total. The average molecular weight is 407 g/mol. The Kier molecular flexibility index (Phi) is 5.02. The lowest BCUT2D eigenvalue weighted by Gasteiger charge is -2.05. The molecule has 3 rings (SSSR count). The number of hydrogen-bond acceptors (Lipinski definition) is 6. The van der Waals surface area contributed by atoms with Crippen LogP contribution in [0.3, 0.4) is 0 Å². The summed E-state index contributed by atoms with van der Waals surface area (Å²) in [6.45, 7) is 0. The molecule has 0 saturated heterocycles. The first-order valence-electron chi connectivity index (χ1n) is 6.82. The maximum Gasteiger partial charge on any atom is 0.291 e. The van der Waals surface area contributed by atoms with Crippen molar-refractivity contribution in [3.8, 4) is 0 Å². The highest BCUT2D eigenvalue weighted by atomic mass is 79.9. The van der Waals surface area contributed by atoms with E-state index >= 15 is 0 Å². The third-order valence-corrected chi connectivity index (χ3v) is 4.01. The molecule has 0 aliphatic rings. The van der Waals surface area contributed by atoms with Crippen molar-refractivity contribution in [3.05, 3.63) is 57.9 Å². The molecule has 1 aromatic carbocycles. The molecule has 2 aromatic heterocycles. The summed E-state index contributed by atoms with van der Waals surface area (Å²) in [5.41, 5.74) is 2.97. The molecule has 0 saturated carbocycles. The van der Waals surface area contributed by atoms with Crippen molar-refractivity contribution < 1.29 is 14.0 Å². The van der Waals surface area contributed by atoms with Gasteiger partial charge in [-0.15, -0.1) is 10.2 Å². The molecule has 3 aromatic rings. The largest absolute Gasteiger partial charge is 0.444 e. The number of aromatic nitrogens is 2. The van der Waals surface area contributed by atoms with Crippen LogP contribution in [0.1, 0.15) is 16.1 Å². The molecule has 0 radical (unpaired) electrons. The van der Waals surface area contributed by atoms with Gasteiger partial charge in [0.15, 0.2) is 10.4 Å². The zero-order valence-electron chi connectivity index (χ0n) is 12.2. The summed E-state index contributed by atoms with van der Waals surface area (Å²) in [5.74, 6) is -0.311. The zero-order valence-corrected chi connectivity index (χ0v) is 14.6. The molecule has 0 aliphatic heterocycles. The minimum atomic E-state index is -0.345. The van der Waals surface area contributed by atoms with E-state index in [9.17, 15) is 9.59 Å². The quantitative estimate of drug-likeness (QED) is 0.676. The Morgan fingerprint density at radius 1 is 1.12 bits per heavy atom. The third kappa shape index (κ3) is 4.27. The van der Waals surface area contributed by atoms with Crippen molar-refractivity contribution >= 4 is 49.9 Å². The highest BCUT2D eigenvalue weighted by Gasteiger charge is 2.11. The van der Waals surface area contributed by atoms with E-state index in [2.05, 4.69) is 36.8 Å². The van der Waals surface area contributed by atoms with E-state index in [-0.39, 0.29) is 24.0 Å². The van der Waals surface area contributed by atoms with Gasteiger partial charge in [0.1, 0.15) is 5.51 Å². The maximum atomic E-state index is 12.0. The molecule has 2 heterocycles. The number of carbonyl (C=O) groups excluding carboxylic acids is 2. The predicted octanol–water partition coefficient (Wildman–Crippen LogP) is 3.33. The SMILES string of the molecule is O=C(Cc1ccc(NC(=O)c2ccc(Br)o2)cc1)Nc1nncs1. The lowest BCUT2D eigenvalue weighted by atomic mass is 10.1. The molecule has 0 aliphatic carbocycles. The van der Waals surface area contributed by atoms with Gasteiger partial charge < -0.3 is 15.1 Å². The van der Waals surface area contributed by atoms with Gasteiger partial charge in [-0.05, 0) is 45.8 Å². The minimum Gasteiger partial charge on any atom is -0.444 e. The number of nitrogens with zero attached hydrogens (tertiary/aromatic N) is 2. The molecule has 2 amide bonds. The van der Waals surface area contributed by atoms with Crippen molar-refractivity contribution in [1.29, 1.82) is 0 Å². The molecule has 122 valence electrons. The number of nitrogens with one attached hydrogen (secondary N) is 2. The van der Waals surface area contributed by atoms with E-state index in [0.29, 0.717) is 15.5 Å². The first-order valence-corrected chi connectivity index (χ1v) is 8.49. The van der Waals surface area contributed by atoms with Crippen molar-refractivity contribution in [2.75, 3.05) is 10.6 Å². The molecule has 24 heavy (non-hydrogen) atoms. The van der Waals surface area contributed by atoms with Gasteiger partial charge in [0.05, 0.1) is 6.42 Å². The first-order chi connectivity index (χ1) is 11.6. The molecule has 0 atom stereocenters. The van der Waals surface area contributed by atoms with Crippen LogP contribution >= 0.6 is 27.3 Å². The molecule has 7 nitrogen and oxygen atoms in total. The molecular weight excluding hydrogens is 396 g/mol. The Labute approximate surface area is 149 Å². The van der Waals surface area contributed by atoms with Gasteiger partial charge in [-0.2, -0.15) is 0 Å². The number of halogens is 1. The maximum absolute atomic E-state index is 12.0. The normalized spacial score (nSPS) is 10.4. The van der Waals surface area contributed by atoms with Gasteiger partial charge in [-0.25, -0.2) is 0 Å². The van der Waals surface area contributed by atoms with Crippen LogP contribution in [0, 0.1) is 0 Å². The van der Waals surface area contributed by atoms with Crippen LogP contribution in [0.15, 0.2) is 51.0 Å². The fourth-order valence-corrected chi connectivity index (χ4v) is 2.68. The number of benzene rings is 1. The molecule has 9 heteroatoms. The second-order valence-corrected chi connectivity index (χ2v) is 6.34. The van der Waals surface area contributed by atoms with Gasteiger partial charge in [-0.1, -0.05) is 23.5 Å². The van der Waals surface area contributed by atoms with Crippen LogP contribution in [-0.2, 0) is 11.2 Å². The number of amides is 2. The van der Waals surface area contributed by atoms with E-state index in [1.54, 1.807) is 41.9 Å². The van der Waals surface area contributed by atoms with Gasteiger partial charge in [0.2, 0.25) is 11.0 Å².